The summed E-state index contributed by atoms with van der Waals surface area (Å²) in [5.41, 5.74) is 3.64. The smallest absolute Gasteiger partial charge is 0.0805 e. The van der Waals surface area contributed by atoms with Crippen molar-refractivity contribution in [3.63, 3.8) is 0 Å². The van der Waals surface area contributed by atoms with Crippen LogP contribution in [0.3, 0.4) is 0 Å². The van der Waals surface area contributed by atoms with Crippen molar-refractivity contribution in [3.8, 4) is 0 Å². The van der Waals surface area contributed by atoms with Crippen LogP contribution in [0.2, 0.25) is 0 Å². The lowest BCUT2D eigenvalue weighted by Gasteiger charge is -2.12. The van der Waals surface area contributed by atoms with E-state index in [2.05, 4.69) is 18.3 Å². The Labute approximate surface area is 78.6 Å². The molecule has 2 nitrogen and oxygen atoms in total. The van der Waals surface area contributed by atoms with E-state index in [-0.39, 0.29) is 6.10 Å². The molecule has 1 aliphatic rings. The molecule has 1 heterocycles. The second kappa shape index (κ2) is 3.48. The van der Waals surface area contributed by atoms with Crippen LogP contribution >= 0.6 is 0 Å². The summed E-state index contributed by atoms with van der Waals surface area (Å²) in [6, 6.07) is 6.14. The molecule has 70 valence electrons. The maximum absolute atomic E-state index is 9.83. The van der Waals surface area contributed by atoms with Gasteiger partial charge in [0.2, 0.25) is 0 Å². The molecule has 1 atom stereocenters. The number of hydrogen-bond acceptors (Lipinski definition) is 2. The van der Waals surface area contributed by atoms with Crippen molar-refractivity contribution in [2.75, 3.05) is 6.54 Å². The van der Waals surface area contributed by atoms with Crippen LogP contribution in [0.5, 0.6) is 0 Å². The Morgan fingerprint density at radius 3 is 3.15 bits per heavy atom. The number of aryl methyl sites for hydroxylation is 1. The Kier molecular flexibility index (Phi) is 2.34. The molecule has 1 unspecified atom stereocenters. The van der Waals surface area contributed by atoms with Gasteiger partial charge in [-0.1, -0.05) is 18.2 Å². The van der Waals surface area contributed by atoms with E-state index in [1.54, 1.807) is 0 Å². The van der Waals surface area contributed by atoms with Gasteiger partial charge in [-0.15, -0.1) is 0 Å². The molecule has 0 fully saturated rings. The molecule has 0 amide bonds. The minimum atomic E-state index is -0.287. The molecule has 0 bridgehead atoms. The van der Waals surface area contributed by atoms with Gasteiger partial charge in [0.25, 0.3) is 0 Å². The average molecular weight is 177 g/mol. The maximum atomic E-state index is 9.83. The van der Waals surface area contributed by atoms with Crippen molar-refractivity contribution in [3.05, 3.63) is 34.9 Å². The highest BCUT2D eigenvalue weighted by Crippen LogP contribution is 2.25. The normalized spacial score (nSPS) is 22.2. The predicted molar refractivity (Wildman–Crippen MR) is 52.5 cm³/mol. The van der Waals surface area contributed by atoms with Crippen LogP contribution in [0, 0.1) is 6.92 Å². The summed E-state index contributed by atoms with van der Waals surface area (Å²) >= 11 is 0. The SMILES string of the molecule is Cc1cccc2c1CNCCC2O. The lowest BCUT2D eigenvalue weighted by atomic mass is 9.98. The number of fused-ring (bicyclic) bond motifs is 1. The molecule has 0 aromatic heterocycles. The van der Waals surface area contributed by atoms with Crippen molar-refractivity contribution >= 4 is 0 Å². The summed E-state index contributed by atoms with van der Waals surface area (Å²) in [4.78, 5) is 0. The number of hydrogen-bond donors (Lipinski definition) is 2. The molecular weight excluding hydrogens is 162 g/mol. The Morgan fingerprint density at radius 2 is 2.31 bits per heavy atom. The van der Waals surface area contributed by atoms with Crippen molar-refractivity contribution in [2.24, 2.45) is 0 Å². The molecule has 2 heteroatoms. The molecule has 0 spiro atoms. The zero-order chi connectivity index (χ0) is 9.26. The zero-order valence-electron chi connectivity index (χ0n) is 7.88. The third-order valence-corrected chi connectivity index (χ3v) is 2.70. The highest BCUT2D eigenvalue weighted by Gasteiger charge is 2.16. The van der Waals surface area contributed by atoms with E-state index in [1.807, 2.05) is 12.1 Å². The molecular formula is C11H15NO. The van der Waals surface area contributed by atoms with Gasteiger partial charge in [0.15, 0.2) is 0 Å². The van der Waals surface area contributed by atoms with Crippen LogP contribution in [-0.2, 0) is 6.54 Å². The summed E-state index contributed by atoms with van der Waals surface area (Å²) in [6.45, 7) is 3.88. The standard InChI is InChI=1S/C11H15NO/c1-8-3-2-4-9-10(8)7-12-6-5-11(9)13/h2-4,11-13H,5-7H2,1H3. The minimum Gasteiger partial charge on any atom is -0.388 e. The predicted octanol–water partition coefficient (Wildman–Crippen LogP) is 1.52. The van der Waals surface area contributed by atoms with Crippen molar-refractivity contribution in [2.45, 2.75) is 26.0 Å². The van der Waals surface area contributed by atoms with Gasteiger partial charge in [0.05, 0.1) is 6.10 Å². The Hall–Kier alpha value is -0.860. The molecule has 1 aliphatic heterocycles. The van der Waals surface area contributed by atoms with Gasteiger partial charge in [0.1, 0.15) is 0 Å². The second-order valence-electron chi connectivity index (χ2n) is 3.62. The Balaban J connectivity index is 2.47. The average Bonchev–Trinajstić information content (AvgIpc) is 2.30. The first-order chi connectivity index (χ1) is 6.29. The van der Waals surface area contributed by atoms with Crippen molar-refractivity contribution in [1.29, 1.82) is 0 Å². The molecule has 2 rings (SSSR count). The number of benzene rings is 1. The second-order valence-corrected chi connectivity index (χ2v) is 3.62. The van der Waals surface area contributed by atoms with Gasteiger partial charge in [-0.3, -0.25) is 0 Å². The van der Waals surface area contributed by atoms with Crippen LogP contribution in [-0.4, -0.2) is 11.7 Å². The van der Waals surface area contributed by atoms with E-state index in [0.29, 0.717) is 0 Å². The Bertz CT molecular complexity index is 309. The topological polar surface area (TPSA) is 32.3 Å². The van der Waals surface area contributed by atoms with Gasteiger partial charge in [-0.25, -0.2) is 0 Å². The number of rotatable bonds is 0. The number of aliphatic hydroxyl groups excluding tert-OH is 1. The van der Waals surface area contributed by atoms with Crippen LogP contribution < -0.4 is 5.32 Å². The van der Waals surface area contributed by atoms with Crippen molar-refractivity contribution in [1.82, 2.24) is 5.32 Å². The van der Waals surface area contributed by atoms with Gasteiger partial charge >= 0.3 is 0 Å². The molecule has 0 aliphatic carbocycles. The van der Waals surface area contributed by atoms with E-state index in [0.717, 1.165) is 25.1 Å². The molecule has 13 heavy (non-hydrogen) atoms. The minimum absolute atomic E-state index is 0.287. The van der Waals surface area contributed by atoms with E-state index < -0.39 is 0 Å². The molecule has 1 aromatic carbocycles. The van der Waals surface area contributed by atoms with Gasteiger partial charge in [-0.05, 0) is 36.6 Å². The monoisotopic (exact) mass is 177 g/mol. The third kappa shape index (κ3) is 1.60. The molecule has 0 saturated carbocycles. The molecule has 0 saturated heterocycles. The summed E-state index contributed by atoms with van der Waals surface area (Å²) in [7, 11) is 0. The summed E-state index contributed by atoms with van der Waals surface area (Å²) in [5.74, 6) is 0. The molecule has 0 radical (unpaired) electrons. The molecule has 1 aromatic rings. The number of aliphatic hydroxyl groups is 1. The fourth-order valence-corrected chi connectivity index (χ4v) is 1.89. The first-order valence-electron chi connectivity index (χ1n) is 4.76. The van der Waals surface area contributed by atoms with Gasteiger partial charge < -0.3 is 10.4 Å². The van der Waals surface area contributed by atoms with E-state index in [4.69, 9.17) is 0 Å². The van der Waals surface area contributed by atoms with Crippen LogP contribution in [0.4, 0.5) is 0 Å². The summed E-state index contributed by atoms with van der Waals surface area (Å²) < 4.78 is 0. The summed E-state index contributed by atoms with van der Waals surface area (Å²) in [5, 5.41) is 13.1. The zero-order valence-corrected chi connectivity index (χ0v) is 7.88. The first kappa shape index (κ1) is 8.73. The van der Waals surface area contributed by atoms with E-state index in [1.165, 1.54) is 11.1 Å². The Morgan fingerprint density at radius 1 is 1.46 bits per heavy atom. The molecule has 2 N–H and O–H groups in total. The maximum Gasteiger partial charge on any atom is 0.0805 e. The van der Waals surface area contributed by atoms with Crippen LogP contribution in [0.25, 0.3) is 0 Å². The fourth-order valence-electron chi connectivity index (χ4n) is 1.89. The van der Waals surface area contributed by atoms with Gasteiger partial charge in [-0.2, -0.15) is 0 Å². The lowest BCUT2D eigenvalue weighted by molar-refractivity contribution is 0.170. The van der Waals surface area contributed by atoms with Gasteiger partial charge in [0, 0.05) is 6.54 Å². The number of nitrogens with one attached hydrogen (secondary N) is 1. The fraction of sp³-hybridized carbons (Fsp3) is 0.455. The highest BCUT2D eigenvalue weighted by molar-refractivity contribution is 5.36. The third-order valence-electron chi connectivity index (χ3n) is 2.70. The van der Waals surface area contributed by atoms with Crippen LogP contribution in [0.1, 0.15) is 29.2 Å². The largest absolute Gasteiger partial charge is 0.388 e. The van der Waals surface area contributed by atoms with Crippen LogP contribution in [0.15, 0.2) is 18.2 Å². The van der Waals surface area contributed by atoms with E-state index >= 15 is 0 Å². The lowest BCUT2D eigenvalue weighted by Crippen LogP contribution is -2.12. The highest BCUT2D eigenvalue weighted by atomic mass is 16.3. The quantitative estimate of drug-likeness (QED) is 0.629. The van der Waals surface area contributed by atoms with E-state index in [9.17, 15) is 5.11 Å². The van der Waals surface area contributed by atoms with Crippen molar-refractivity contribution < 1.29 is 5.11 Å². The summed E-state index contributed by atoms with van der Waals surface area (Å²) in [6.07, 6.45) is 0.529. The first-order valence-corrected chi connectivity index (χ1v) is 4.76.